The maximum Gasteiger partial charge on any atom is 0.271 e. The first-order valence-corrected chi connectivity index (χ1v) is 9.00. The van der Waals surface area contributed by atoms with Crippen LogP contribution in [-0.2, 0) is 17.6 Å². The molecule has 1 aliphatic carbocycles. The molecule has 0 bridgehead atoms. The Morgan fingerprint density at radius 3 is 2.74 bits per heavy atom. The maximum absolute atomic E-state index is 11.9. The zero-order chi connectivity index (χ0) is 19.4. The van der Waals surface area contributed by atoms with Gasteiger partial charge in [-0.2, -0.15) is 0 Å². The van der Waals surface area contributed by atoms with Gasteiger partial charge in [-0.25, -0.2) is 9.97 Å². The molecule has 1 radical (unpaired) electrons. The van der Waals surface area contributed by atoms with Gasteiger partial charge in [0.2, 0.25) is 5.91 Å². The number of rotatable bonds is 8. The molecule has 8 nitrogen and oxygen atoms in total. The van der Waals surface area contributed by atoms with Gasteiger partial charge in [-0.1, -0.05) is 6.92 Å². The molecule has 3 rings (SSSR count). The summed E-state index contributed by atoms with van der Waals surface area (Å²) in [6, 6.07) is 3.62. The predicted octanol–water partition coefficient (Wildman–Crippen LogP) is 1.65. The first-order chi connectivity index (χ1) is 13.0. The molecule has 0 aliphatic heterocycles. The topological polar surface area (TPSA) is 123 Å². The molecule has 2 heterocycles. The molecule has 0 saturated heterocycles. The van der Waals surface area contributed by atoms with Gasteiger partial charge in [-0.3, -0.25) is 14.6 Å². The fourth-order valence-electron chi connectivity index (χ4n) is 2.85. The summed E-state index contributed by atoms with van der Waals surface area (Å²) in [7, 11) is 0. The molecule has 1 aliphatic rings. The molecule has 1 fully saturated rings. The molecule has 141 valence electrons. The second kappa shape index (κ2) is 8.11. The number of aryl methyl sites for hydroxylation is 1. The summed E-state index contributed by atoms with van der Waals surface area (Å²) in [5.74, 6) is -0.164. The fraction of sp³-hybridized carbons (Fsp3) is 0.368. The normalized spacial score (nSPS) is 13.3. The van der Waals surface area contributed by atoms with E-state index in [-0.39, 0.29) is 11.6 Å². The summed E-state index contributed by atoms with van der Waals surface area (Å²) in [4.78, 5) is 36.2. The minimum atomic E-state index is -0.616. The number of carbonyl (C=O) groups excluding carboxylic acids is 2. The molecule has 0 aromatic carbocycles. The Kier molecular flexibility index (Phi) is 5.63. The highest BCUT2D eigenvalue weighted by Gasteiger charge is 2.30. The summed E-state index contributed by atoms with van der Waals surface area (Å²) in [5, 5.41) is 5.79. The van der Waals surface area contributed by atoms with Crippen molar-refractivity contribution >= 4 is 23.3 Å². The quantitative estimate of drug-likeness (QED) is 0.652. The van der Waals surface area contributed by atoms with Crippen molar-refractivity contribution in [2.24, 2.45) is 5.73 Å². The molecule has 8 heteroatoms. The van der Waals surface area contributed by atoms with Gasteiger partial charge in [0.05, 0.1) is 11.4 Å². The average molecular weight is 367 g/mol. The summed E-state index contributed by atoms with van der Waals surface area (Å²) in [5.41, 5.74) is 8.94. The van der Waals surface area contributed by atoms with Crippen LogP contribution in [0.1, 0.15) is 53.3 Å². The van der Waals surface area contributed by atoms with Crippen molar-refractivity contribution in [2.45, 2.75) is 38.5 Å². The van der Waals surface area contributed by atoms with Crippen LogP contribution in [0.2, 0.25) is 0 Å². The highest BCUT2D eigenvalue weighted by Crippen LogP contribution is 2.41. The minimum Gasteiger partial charge on any atom is -0.364 e. The van der Waals surface area contributed by atoms with Gasteiger partial charge in [-0.15, -0.1) is 0 Å². The van der Waals surface area contributed by atoms with E-state index in [0.717, 1.165) is 35.6 Å². The van der Waals surface area contributed by atoms with Crippen LogP contribution >= 0.6 is 0 Å². The van der Waals surface area contributed by atoms with Crippen LogP contribution in [0.3, 0.4) is 0 Å². The third kappa shape index (κ3) is 4.78. The van der Waals surface area contributed by atoms with Gasteiger partial charge in [0.1, 0.15) is 0 Å². The van der Waals surface area contributed by atoms with E-state index in [1.165, 1.54) is 0 Å². The number of nitrogens with two attached hydrogens (primary N) is 1. The van der Waals surface area contributed by atoms with E-state index in [2.05, 4.69) is 32.5 Å². The molecule has 1 saturated carbocycles. The van der Waals surface area contributed by atoms with Crippen LogP contribution in [0, 0.1) is 6.92 Å². The Labute approximate surface area is 158 Å². The fourth-order valence-corrected chi connectivity index (χ4v) is 2.85. The molecule has 2 aromatic heterocycles. The standard InChI is InChI=1S/C19H23N6O2/c1-3-15-16(12-4-5-12)25-19(17(24-15)18(20)27)23-14-7-9-22-13(10-14)6-8-21-11(2)26/h7,9-10,12H,2-6,8H2,1H3,(H2,20,27)(H,21,26)(H,22,23,25). The zero-order valence-electron chi connectivity index (χ0n) is 15.3. The van der Waals surface area contributed by atoms with Gasteiger partial charge in [0.25, 0.3) is 5.91 Å². The van der Waals surface area contributed by atoms with E-state index in [0.29, 0.717) is 31.1 Å². The van der Waals surface area contributed by atoms with Gasteiger partial charge >= 0.3 is 0 Å². The number of amides is 2. The Balaban J connectivity index is 1.85. The van der Waals surface area contributed by atoms with E-state index in [1.54, 1.807) is 12.3 Å². The predicted molar refractivity (Wildman–Crippen MR) is 101 cm³/mol. The highest BCUT2D eigenvalue weighted by molar-refractivity contribution is 5.96. The summed E-state index contributed by atoms with van der Waals surface area (Å²) < 4.78 is 0. The number of primary amides is 1. The summed E-state index contributed by atoms with van der Waals surface area (Å²) in [6.07, 6.45) is 5.11. The molecular formula is C19H23N6O2. The van der Waals surface area contributed by atoms with Gasteiger partial charge in [-0.05, 0) is 31.4 Å². The third-order valence-electron chi connectivity index (χ3n) is 4.31. The first-order valence-electron chi connectivity index (χ1n) is 9.00. The number of nitrogens with zero attached hydrogens (tertiary/aromatic N) is 3. The van der Waals surface area contributed by atoms with Crippen LogP contribution in [0.5, 0.6) is 0 Å². The van der Waals surface area contributed by atoms with E-state index in [4.69, 9.17) is 5.73 Å². The van der Waals surface area contributed by atoms with E-state index < -0.39 is 5.91 Å². The molecule has 0 unspecified atom stereocenters. The number of carbonyl (C=O) groups is 2. The molecule has 27 heavy (non-hydrogen) atoms. The summed E-state index contributed by atoms with van der Waals surface area (Å²) >= 11 is 0. The largest absolute Gasteiger partial charge is 0.364 e. The van der Waals surface area contributed by atoms with Crippen LogP contribution in [0.15, 0.2) is 18.3 Å². The summed E-state index contributed by atoms with van der Waals surface area (Å²) in [6.45, 7) is 5.71. The maximum atomic E-state index is 11.9. The monoisotopic (exact) mass is 367 g/mol. The molecule has 4 N–H and O–H groups in total. The molecule has 0 atom stereocenters. The Morgan fingerprint density at radius 2 is 2.11 bits per heavy atom. The van der Waals surface area contributed by atoms with Crippen molar-refractivity contribution in [3.8, 4) is 0 Å². The van der Waals surface area contributed by atoms with Crippen LogP contribution in [-0.4, -0.2) is 33.3 Å². The van der Waals surface area contributed by atoms with Crippen molar-refractivity contribution < 1.29 is 9.59 Å². The van der Waals surface area contributed by atoms with Crippen molar-refractivity contribution in [1.82, 2.24) is 20.3 Å². The Hall–Kier alpha value is -3.03. The number of hydrogen-bond donors (Lipinski definition) is 3. The van der Waals surface area contributed by atoms with Gasteiger partial charge < -0.3 is 16.4 Å². The average Bonchev–Trinajstić information content (AvgIpc) is 3.46. The smallest absolute Gasteiger partial charge is 0.271 e. The van der Waals surface area contributed by atoms with E-state index in [9.17, 15) is 9.59 Å². The lowest BCUT2D eigenvalue weighted by Gasteiger charge is -2.14. The van der Waals surface area contributed by atoms with E-state index >= 15 is 0 Å². The Morgan fingerprint density at radius 1 is 1.33 bits per heavy atom. The highest BCUT2D eigenvalue weighted by atomic mass is 16.1. The molecule has 2 amide bonds. The molecular weight excluding hydrogens is 344 g/mol. The van der Waals surface area contributed by atoms with Crippen LogP contribution in [0.4, 0.5) is 11.5 Å². The van der Waals surface area contributed by atoms with E-state index in [1.807, 2.05) is 13.0 Å². The number of pyridine rings is 1. The molecule has 2 aromatic rings. The van der Waals surface area contributed by atoms with Crippen LogP contribution in [0.25, 0.3) is 0 Å². The lowest BCUT2D eigenvalue weighted by atomic mass is 10.1. The van der Waals surface area contributed by atoms with Gasteiger partial charge in [0.15, 0.2) is 11.5 Å². The zero-order valence-corrected chi connectivity index (χ0v) is 15.3. The van der Waals surface area contributed by atoms with Crippen molar-refractivity contribution in [2.75, 3.05) is 11.9 Å². The number of aromatic nitrogens is 3. The third-order valence-corrected chi connectivity index (χ3v) is 4.31. The second-order valence-corrected chi connectivity index (χ2v) is 6.51. The first kappa shape index (κ1) is 18.8. The lowest BCUT2D eigenvalue weighted by molar-refractivity contribution is -0.116. The van der Waals surface area contributed by atoms with Gasteiger partial charge in [0, 0.05) is 43.4 Å². The van der Waals surface area contributed by atoms with Crippen LogP contribution < -0.4 is 16.4 Å². The van der Waals surface area contributed by atoms with Crippen molar-refractivity contribution in [3.63, 3.8) is 0 Å². The molecule has 0 spiro atoms. The number of anilines is 2. The number of hydrogen-bond acceptors (Lipinski definition) is 6. The lowest BCUT2D eigenvalue weighted by Crippen LogP contribution is -2.23. The van der Waals surface area contributed by atoms with Crippen molar-refractivity contribution in [1.29, 1.82) is 0 Å². The second-order valence-electron chi connectivity index (χ2n) is 6.51. The minimum absolute atomic E-state index is 0.138. The SMILES string of the molecule is [CH2]C(=O)NCCc1cc(Nc2nc(C3CC3)c(CC)nc2C(N)=O)ccn1. The number of nitrogens with one attached hydrogen (secondary N) is 2. The Bertz CT molecular complexity index is 863. The van der Waals surface area contributed by atoms with Crippen molar-refractivity contribution in [3.05, 3.63) is 48.0 Å².